The lowest BCUT2D eigenvalue weighted by molar-refractivity contribution is -0.118. The minimum Gasteiger partial charge on any atom is -0.368 e. The molecule has 0 atom stereocenters. The first-order valence-electron chi connectivity index (χ1n) is 8.71. The molecule has 7 heteroatoms. The van der Waals surface area contributed by atoms with Gasteiger partial charge in [0, 0.05) is 4.88 Å². The van der Waals surface area contributed by atoms with Crippen LogP contribution in [0.25, 0.3) is 15.9 Å². The molecule has 0 bridgehead atoms. The highest BCUT2D eigenvalue weighted by Gasteiger charge is 2.23. The second-order valence-electron chi connectivity index (χ2n) is 6.56. The second kappa shape index (κ2) is 6.57. The Morgan fingerprint density at radius 2 is 1.81 bits per heavy atom. The SMILES string of the molecule is NC(=O)Cn1c(=O)n(-c2ccccc2)c(=O)c2c3c(sc21)CCCCC3. The Kier molecular flexibility index (Phi) is 4.24. The summed E-state index contributed by atoms with van der Waals surface area (Å²) in [4.78, 5) is 39.6. The largest absolute Gasteiger partial charge is 0.368 e. The lowest BCUT2D eigenvalue weighted by atomic mass is 10.1. The van der Waals surface area contributed by atoms with Crippen LogP contribution >= 0.6 is 11.3 Å². The van der Waals surface area contributed by atoms with E-state index in [9.17, 15) is 14.4 Å². The zero-order chi connectivity index (χ0) is 18.3. The molecule has 1 amide bonds. The van der Waals surface area contributed by atoms with Gasteiger partial charge in [0.25, 0.3) is 5.56 Å². The van der Waals surface area contributed by atoms with E-state index < -0.39 is 11.6 Å². The Labute approximate surface area is 153 Å². The maximum atomic E-state index is 13.3. The number of hydrogen-bond acceptors (Lipinski definition) is 4. The number of para-hydroxylation sites is 1. The van der Waals surface area contributed by atoms with Crippen molar-refractivity contribution in [2.45, 2.75) is 38.6 Å². The third-order valence-electron chi connectivity index (χ3n) is 4.82. The molecule has 6 nitrogen and oxygen atoms in total. The Morgan fingerprint density at radius 3 is 2.54 bits per heavy atom. The topological polar surface area (TPSA) is 87.1 Å². The second-order valence-corrected chi connectivity index (χ2v) is 7.64. The van der Waals surface area contributed by atoms with Crippen molar-refractivity contribution in [2.75, 3.05) is 0 Å². The Balaban J connectivity index is 2.12. The molecule has 26 heavy (non-hydrogen) atoms. The van der Waals surface area contributed by atoms with Gasteiger partial charge in [0.15, 0.2) is 0 Å². The summed E-state index contributed by atoms with van der Waals surface area (Å²) < 4.78 is 2.51. The van der Waals surface area contributed by atoms with Gasteiger partial charge < -0.3 is 5.73 Å². The Morgan fingerprint density at radius 1 is 1.08 bits per heavy atom. The molecular weight excluding hydrogens is 350 g/mol. The van der Waals surface area contributed by atoms with Crippen LogP contribution in [0.15, 0.2) is 39.9 Å². The first kappa shape index (κ1) is 16.8. The van der Waals surface area contributed by atoms with Crippen LogP contribution in [0, 0.1) is 0 Å². The van der Waals surface area contributed by atoms with Gasteiger partial charge in [0.2, 0.25) is 5.91 Å². The van der Waals surface area contributed by atoms with E-state index >= 15 is 0 Å². The summed E-state index contributed by atoms with van der Waals surface area (Å²) in [5.41, 5.74) is 6.08. The molecule has 0 saturated carbocycles. The fourth-order valence-electron chi connectivity index (χ4n) is 3.65. The van der Waals surface area contributed by atoms with Crippen molar-refractivity contribution in [2.24, 2.45) is 5.73 Å². The highest BCUT2D eigenvalue weighted by atomic mass is 32.1. The van der Waals surface area contributed by atoms with E-state index in [0.717, 1.165) is 47.1 Å². The molecule has 1 aliphatic rings. The van der Waals surface area contributed by atoms with Crippen LogP contribution in [0.5, 0.6) is 0 Å². The molecular formula is C19H19N3O3S. The van der Waals surface area contributed by atoms with Crippen LogP contribution in [-0.2, 0) is 24.2 Å². The summed E-state index contributed by atoms with van der Waals surface area (Å²) in [6, 6.07) is 8.81. The molecule has 2 aromatic heterocycles. The third kappa shape index (κ3) is 2.68. The molecule has 2 heterocycles. The molecule has 0 spiro atoms. The fraction of sp³-hybridized carbons (Fsp3) is 0.316. The van der Waals surface area contributed by atoms with E-state index in [1.165, 1.54) is 15.9 Å². The number of benzene rings is 1. The Hall–Kier alpha value is -2.67. The molecule has 0 radical (unpaired) electrons. The fourth-order valence-corrected chi connectivity index (χ4v) is 5.02. The molecule has 0 fully saturated rings. The smallest absolute Gasteiger partial charge is 0.337 e. The van der Waals surface area contributed by atoms with Gasteiger partial charge in [0.05, 0.1) is 11.1 Å². The molecule has 134 valence electrons. The van der Waals surface area contributed by atoms with E-state index in [1.807, 2.05) is 6.07 Å². The van der Waals surface area contributed by atoms with E-state index in [-0.39, 0.29) is 12.1 Å². The predicted octanol–water partition coefficient (Wildman–Crippen LogP) is 1.97. The third-order valence-corrected chi connectivity index (χ3v) is 6.13. The lowest BCUT2D eigenvalue weighted by Crippen LogP contribution is -2.40. The number of nitrogens with zero attached hydrogens (tertiary/aromatic N) is 2. The number of aryl methyl sites for hydroxylation is 2. The minimum absolute atomic E-state index is 0.234. The van der Waals surface area contributed by atoms with Crippen molar-refractivity contribution >= 4 is 27.5 Å². The number of thiophene rings is 1. The van der Waals surface area contributed by atoms with Crippen molar-refractivity contribution in [3.8, 4) is 5.69 Å². The summed E-state index contributed by atoms with van der Waals surface area (Å²) in [5, 5.41) is 0.566. The standard InChI is InChI=1S/C19H19N3O3S/c20-15(23)11-21-18-16(13-9-5-2-6-10-14(13)26-18)17(24)22(19(21)25)12-7-3-1-4-8-12/h1,3-4,7-8H,2,5-6,9-11H2,(H2,20,23). The van der Waals surface area contributed by atoms with E-state index in [2.05, 4.69) is 0 Å². The average Bonchev–Trinajstić information content (AvgIpc) is 2.83. The highest BCUT2D eigenvalue weighted by molar-refractivity contribution is 7.18. The number of aromatic nitrogens is 2. The molecule has 1 aliphatic carbocycles. The first-order chi connectivity index (χ1) is 12.6. The number of nitrogens with two attached hydrogens (primary N) is 1. The average molecular weight is 369 g/mol. The van der Waals surface area contributed by atoms with Crippen molar-refractivity contribution in [3.63, 3.8) is 0 Å². The number of carbonyl (C=O) groups is 1. The zero-order valence-corrected chi connectivity index (χ0v) is 15.1. The number of primary amides is 1. The molecule has 4 rings (SSSR count). The molecule has 0 saturated heterocycles. The van der Waals surface area contributed by atoms with Crippen molar-refractivity contribution in [1.29, 1.82) is 0 Å². The number of hydrogen-bond donors (Lipinski definition) is 1. The van der Waals surface area contributed by atoms with Crippen molar-refractivity contribution < 1.29 is 4.79 Å². The number of rotatable bonds is 3. The summed E-state index contributed by atoms with van der Waals surface area (Å²) in [5.74, 6) is -0.602. The van der Waals surface area contributed by atoms with Gasteiger partial charge in [-0.2, -0.15) is 0 Å². The van der Waals surface area contributed by atoms with Gasteiger partial charge in [-0.25, -0.2) is 9.36 Å². The van der Waals surface area contributed by atoms with E-state index in [0.29, 0.717) is 15.9 Å². The maximum absolute atomic E-state index is 13.3. The summed E-state index contributed by atoms with van der Waals surface area (Å²) in [7, 11) is 0. The molecule has 1 aromatic carbocycles. The predicted molar refractivity (Wildman–Crippen MR) is 102 cm³/mol. The number of fused-ring (bicyclic) bond motifs is 3. The van der Waals surface area contributed by atoms with E-state index in [4.69, 9.17) is 5.73 Å². The van der Waals surface area contributed by atoms with Crippen LogP contribution in [-0.4, -0.2) is 15.0 Å². The van der Waals surface area contributed by atoms with Gasteiger partial charge in [-0.1, -0.05) is 24.6 Å². The van der Waals surface area contributed by atoms with Crippen molar-refractivity contribution in [1.82, 2.24) is 9.13 Å². The summed E-state index contributed by atoms with van der Waals surface area (Å²) in [6.45, 7) is -0.234. The van der Waals surface area contributed by atoms with E-state index in [1.54, 1.807) is 24.3 Å². The van der Waals surface area contributed by atoms with Crippen molar-refractivity contribution in [3.05, 3.63) is 61.6 Å². The summed E-state index contributed by atoms with van der Waals surface area (Å²) in [6.07, 6.45) is 4.97. The van der Waals surface area contributed by atoms with Crippen LogP contribution in [0.4, 0.5) is 0 Å². The molecule has 3 aromatic rings. The zero-order valence-electron chi connectivity index (χ0n) is 14.2. The lowest BCUT2D eigenvalue weighted by Gasteiger charge is -2.11. The van der Waals surface area contributed by atoms with Crippen LogP contribution in [0.2, 0.25) is 0 Å². The van der Waals surface area contributed by atoms with Crippen LogP contribution in [0.1, 0.15) is 29.7 Å². The van der Waals surface area contributed by atoms with Gasteiger partial charge in [0.1, 0.15) is 11.4 Å². The normalized spacial score (nSPS) is 14.2. The van der Waals surface area contributed by atoms with Crippen LogP contribution in [0.3, 0.4) is 0 Å². The number of amides is 1. The molecule has 0 aliphatic heterocycles. The van der Waals surface area contributed by atoms with Crippen LogP contribution < -0.4 is 17.0 Å². The van der Waals surface area contributed by atoms with Gasteiger partial charge >= 0.3 is 5.69 Å². The summed E-state index contributed by atoms with van der Waals surface area (Å²) >= 11 is 1.46. The molecule has 0 unspecified atom stereocenters. The quantitative estimate of drug-likeness (QED) is 0.716. The minimum atomic E-state index is -0.602. The first-order valence-corrected chi connectivity index (χ1v) is 9.53. The number of carbonyl (C=O) groups excluding carboxylic acids is 1. The maximum Gasteiger partial charge on any atom is 0.337 e. The highest BCUT2D eigenvalue weighted by Crippen LogP contribution is 2.33. The van der Waals surface area contributed by atoms with Gasteiger partial charge in [-0.05, 0) is 43.4 Å². The molecule has 2 N–H and O–H groups in total. The van der Waals surface area contributed by atoms with Gasteiger partial charge in [-0.3, -0.25) is 14.2 Å². The van der Waals surface area contributed by atoms with Gasteiger partial charge in [-0.15, -0.1) is 11.3 Å². The monoisotopic (exact) mass is 369 g/mol. The Bertz CT molecular complexity index is 1110.